The van der Waals surface area contributed by atoms with Crippen molar-refractivity contribution >= 4 is 32.7 Å². The predicted octanol–water partition coefficient (Wildman–Crippen LogP) is 3.12. The lowest BCUT2D eigenvalue weighted by Crippen LogP contribution is -2.16. The summed E-state index contributed by atoms with van der Waals surface area (Å²) in [7, 11) is 3.54. The van der Waals surface area contributed by atoms with Crippen molar-refractivity contribution in [2.75, 3.05) is 19.0 Å². The Hall–Kier alpha value is -0.830. The number of benzene rings is 1. The molecule has 96 valence electrons. The highest BCUT2D eigenvalue weighted by Gasteiger charge is 2.06. The molecule has 0 bridgehead atoms. The van der Waals surface area contributed by atoms with E-state index in [1.807, 2.05) is 23.3 Å². The van der Waals surface area contributed by atoms with E-state index < -0.39 is 0 Å². The van der Waals surface area contributed by atoms with Crippen molar-refractivity contribution in [2.45, 2.75) is 13.8 Å². The molecule has 0 aliphatic heterocycles. The summed E-state index contributed by atoms with van der Waals surface area (Å²) in [5, 5.41) is 3.05. The summed E-state index contributed by atoms with van der Waals surface area (Å²) in [5.41, 5.74) is 0.503. The number of halogens is 1. The zero-order valence-corrected chi connectivity index (χ0v) is 12.0. The number of hydrogen-bond donors (Lipinski definition) is 1. The zero-order valence-electron chi connectivity index (χ0n) is 10.1. The average molecular weight is 278 g/mol. The van der Waals surface area contributed by atoms with E-state index >= 15 is 0 Å². The summed E-state index contributed by atoms with van der Waals surface area (Å²) in [4.78, 5) is 11.2. The van der Waals surface area contributed by atoms with Gasteiger partial charge in [0.1, 0.15) is 12.4 Å². The van der Waals surface area contributed by atoms with Crippen LogP contribution in [-0.2, 0) is 9.32 Å². The van der Waals surface area contributed by atoms with Gasteiger partial charge in [0.05, 0.1) is 17.8 Å². The van der Waals surface area contributed by atoms with Crippen LogP contribution in [-0.4, -0.2) is 19.6 Å². The molecule has 1 aromatic rings. The van der Waals surface area contributed by atoms with Gasteiger partial charge in [0.15, 0.2) is 0 Å². The minimum atomic E-state index is -0.278. The summed E-state index contributed by atoms with van der Waals surface area (Å²) >= 11 is 5.88. The lowest BCUT2D eigenvalue weighted by Gasteiger charge is -2.08. The molecule has 17 heavy (non-hydrogen) atoms. The van der Waals surface area contributed by atoms with Crippen LogP contribution < -0.4 is 10.1 Å². The number of anilines is 1. The van der Waals surface area contributed by atoms with Crippen molar-refractivity contribution in [1.82, 2.24) is 0 Å². The third kappa shape index (κ3) is 5.87. The van der Waals surface area contributed by atoms with Crippen LogP contribution in [0.1, 0.15) is 13.8 Å². The second-order valence-electron chi connectivity index (χ2n) is 2.70. The van der Waals surface area contributed by atoms with Crippen molar-refractivity contribution < 1.29 is 14.1 Å². The van der Waals surface area contributed by atoms with E-state index in [-0.39, 0.29) is 12.5 Å². The smallest absolute Gasteiger partial charge is 0.250 e. The van der Waals surface area contributed by atoms with Gasteiger partial charge in [0.25, 0.3) is 5.91 Å². The Labute approximate surface area is 109 Å². The summed E-state index contributed by atoms with van der Waals surface area (Å²) in [5.74, 6) is 0.349. The summed E-state index contributed by atoms with van der Waals surface area (Å²) in [6, 6.07) is 5.00. The Kier molecular flexibility index (Phi) is 8.78. The molecule has 0 saturated heterocycles. The molecule has 1 N–H and O–H groups in total. The molecule has 1 aromatic carbocycles. The molecule has 1 rings (SSSR count). The van der Waals surface area contributed by atoms with Crippen LogP contribution in [0.4, 0.5) is 5.69 Å². The maximum Gasteiger partial charge on any atom is 0.250 e. The largest absolute Gasteiger partial charge is 0.497 e. The molecule has 0 radical (unpaired) electrons. The number of rotatable bonds is 4. The monoisotopic (exact) mass is 277 g/mol. The third-order valence-corrected chi connectivity index (χ3v) is 2.16. The molecular weight excluding hydrogens is 261 g/mol. The van der Waals surface area contributed by atoms with Crippen molar-refractivity contribution in [2.24, 2.45) is 0 Å². The van der Waals surface area contributed by atoms with Gasteiger partial charge in [-0.2, -0.15) is 0 Å². The molecule has 0 fully saturated rings. The van der Waals surface area contributed by atoms with Crippen LogP contribution in [0.3, 0.4) is 0 Å². The van der Waals surface area contributed by atoms with Gasteiger partial charge in [-0.15, -0.1) is 0 Å². The fourth-order valence-electron chi connectivity index (χ4n) is 0.989. The van der Waals surface area contributed by atoms with E-state index in [1.165, 1.54) is 0 Å². The summed E-state index contributed by atoms with van der Waals surface area (Å²) in [6.07, 6.45) is 0. The normalized spacial score (nSPS) is 9.00. The quantitative estimate of drug-likeness (QED) is 0.860. The molecule has 1 amide bonds. The highest BCUT2D eigenvalue weighted by molar-refractivity contribution is 7.09. The fraction of sp³-hybridized carbons (Fsp3) is 0.364. The van der Waals surface area contributed by atoms with E-state index in [4.69, 9.17) is 16.3 Å². The van der Waals surface area contributed by atoms with Crippen LogP contribution in [0.25, 0.3) is 0 Å². The number of carbonyl (C=O) groups excluding carboxylic acids is 1. The highest BCUT2D eigenvalue weighted by Crippen LogP contribution is 2.26. The Morgan fingerprint density at radius 2 is 2.12 bits per heavy atom. The van der Waals surface area contributed by atoms with Crippen molar-refractivity contribution in [3.63, 3.8) is 0 Å². The minimum Gasteiger partial charge on any atom is -0.497 e. The minimum absolute atomic E-state index is 0.0434. The molecule has 0 heterocycles. The Bertz CT molecular complexity index is 361. The molecule has 6 heteroatoms. The van der Waals surface area contributed by atoms with E-state index in [2.05, 4.69) is 9.84 Å². The highest BCUT2D eigenvalue weighted by atomic mass is 35.5. The molecule has 1 atom stereocenters. The fourth-order valence-corrected chi connectivity index (χ4v) is 1.31. The maximum absolute atomic E-state index is 11.2. The third-order valence-electron chi connectivity index (χ3n) is 1.66. The van der Waals surface area contributed by atoms with Gasteiger partial charge >= 0.3 is 0 Å². The SMILES string of the molecule is CC.COc1ccc(Cl)c(NC(=O)COP)c1. The first kappa shape index (κ1) is 16.2. The number of nitrogens with one attached hydrogen (secondary N) is 1. The van der Waals surface area contributed by atoms with Crippen LogP contribution in [0.15, 0.2) is 18.2 Å². The number of hydrogen-bond acceptors (Lipinski definition) is 3. The Morgan fingerprint density at radius 3 is 2.65 bits per heavy atom. The summed E-state index contributed by atoms with van der Waals surface area (Å²) in [6.45, 7) is 3.96. The number of ether oxygens (including phenoxy) is 1. The second-order valence-corrected chi connectivity index (χ2v) is 3.45. The van der Waals surface area contributed by atoms with E-state index in [0.717, 1.165) is 0 Å². The van der Waals surface area contributed by atoms with Crippen molar-refractivity contribution in [3.05, 3.63) is 23.2 Å². The number of methoxy groups -OCH3 is 1. The lowest BCUT2D eigenvalue weighted by molar-refractivity contribution is -0.117. The Morgan fingerprint density at radius 1 is 1.47 bits per heavy atom. The van der Waals surface area contributed by atoms with Gasteiger partial charge in [0.2, 0.25) is 0 Å². The number of carbonyl (C=O) groups is 1. The predicted molar refractivity (Wildman–Crippen MR) is 73.6 cm³/mol. The summed E-state index contributed by atoms with van der Waals surface area (Å²) < 4.78 is 9.61. The van der Waals surface area contributed by atoms with Gasteiger partial charge in [-0.25, -0.2) is 0 Å². The lowest BCUT2D eigenvalue weighted by atomic mass is 10.3. The van der Waals surface area contributed by atoms with E-state index in [9.17, 15) is 4.79 Å². The van der Waals surface area contributed by atoms with Gasteiger partial charge < -0.3 is 14.6 Å². The topological polar surface area (TPSA) is 47.6 Å². The van der Waals surface area contributed by atoms with Crippen LogP contribution in [0.2, 0.25) is 5.02 Å². The van der Waals surface area contributed by atoms with Crippen LogP contribution >= 0.6 is 21.1 Å². The van der Waals surface area contributed by atoms with Gasteiger partial charge in [-0.3, -0.25) is 4.79 Å². The zero-order chi connectivity index (χ0) is 13.3. The molecule has 0 aromatic heterocycles. The van der Waals surface area contributed by atoms with Crippen LogP contribution in [0.5, 0.6) is 5.75 Å². The molecule has 1 unspecified atom stereocenters. The molecule has 4 nitrogen and oxygen atoms in total. The van der Waals surface area contributed by atoms with Gasteiger partial charge in [0, 0.05) is 15.5 Å². The van der Waals surface area contributed by atoms with Gasteiger partial charge in [-0.05, 0) is 12.1 Å². The molecular formula is C11H17ClNO3P. The molecule has 0 aliphatic rings. The van der Waals surface area contributed by atoms with E-state index in [0.29, 0.717) is 16.5 Å². The molecule has 0 spiro atoms. The van der Waals surface area contributed by atoms with E-state index in [1.54, 1.807) is 25.3 Å². The maximum atomic E-state index is 11.2. The first-order valence-electron chi connectivity index (χ1n) is 5.12. The average Bonchev–Trinajstić information content (AvgIpc) is 2.35. The van der Waals surface area contributed by atoms with Crippen molar-refractivity contribution in [1.29, 1.82) is 0 Å². The standard InChI is InChI=1S/C9H11ClNO3P.C2H6/c1-13-6-2-3-7(10)8(4-6)11-9(12)5-14-15;1-2/h2-4H,5,15H2,1H3,(H,11,12);1-2H3. The first-order valence-corrected chi connectivity index (χ1v) is 5.97. The number of amides is 1. The Balaban J connectivity index is 0.00000121. The first-order chi connectivity index (χ1) is 8.17. The second kappa shape index (κ2) is 9.23. The van der Waals surface area contributed by atoms with Gasteiger partial charge in [-0.1, -0.05) is 25.4 Å². The molecule has 0 saturated carbocycles. The van der Waals surface area contributed by atoms with Crippen LogP contribution in [0, 0.1) is 0 Å². The van der Waals surface area contributed by atoms with Crippen molar-refractivity contribution in [3.8, 4) is 5.75 Å². The molecule has 0 aliphatic carbocycles.